The van der Waals surface area contributed by atoms with Gasteiger partial charge in [-0.15, -0.1) is 11.3 Å². The van der Waals surface area contributed by atoms with E-state index < -0.39 is 10.0 Å². The van der Waals surface area contributed by atoms with Crippen LogP contribution >= 0.6 is 11.3 Å². The SMILES string of the molecule is Cc1sc(CO)cc1S(=O)(=O)NC1CCC(C)CC1C. The average molecular weight is 317 g/mol. The molecule has 3 atom stereocenters. The minimum Gasteiger partial charge on any atom is -0.391 e. The maximum Gasteiger partial charge on any atom is 0.241 e. The molecule has 2 N–H and O–H groups in total. The van der Waals surface area contributed by atoms with Crippen molar-refractivity contribution < 1.29 is 13.5 Å². The number of thiophene rings is 1. The molecule has 1 heterocycles. The first-order chi connectivity index (χ1) is 9.33. The van der Waals surface area contributed by atoms with Crippen molar-refractivity contribution in [2.75, 3.05) is 0 Å². The summed E-state index contributed by atoms with van der Waals surface area (Å²) < 4.78 is 27.8. The topological polar surface area (TPSA) is 66.4 Å². The normalized spacial score (nSPS) is 27.7. The first-order valence-corrected chi connectivity index (χ1v) is 9.36. The van der Waals surface area contributed by atoms with Crippen LogP contribution in [0.25, 0.3) is 0 Å². The average Bonchev–Trinajstić information content (AvgIpc) is 2.75. The van der Waals surface area contributed by atoms with E-state index in [1.54, 1.807) is 13.0 Å². The number of aliphatic hydroxyl groups is 1. The summed E-state index contributed by atoms with van der Waals surface area (Å²) in [5.41, 5.74) is 0. The maximum atomic E-state index is 12.5. The zero-order valence-corrected chi connectivity index (χ0v) is 13.9. The first kappa shape index (κ1) is 15.9. The monoisotopic (exact) mass is 317 g/mol. The number of nitrogens with one attached hydrogen (secondary N) is 1. The number of hydrogen-bond acceptors (Lipinski definition) is 4. The predicted molar refractivity (Wildman–Crippen MR) is 81.3 cm³/mol. The van der Waals surface area contributed by atoms with E-state index in [0.29, 0.717) is 21.6 Å². The summed E-state index contributed by atoms with van der Waals surface area (Å²) in [4.78, 5) is 1.74. The zero-order valence-electron chi connectivity index (χ0n) is 12.2. The lowest BCUT2D eigenvalue weighted by molar-refractivity contribution is 0.249. The highest BCUT2D eigenvalue weighted by Gasteiger charge is 2.30. The lowest BCUT2D eigenvalue weighted by Crippen LogP contribution is -2.42. The molecule has 1 aromatic heterocycles. The number of hydrogen-bond donors (Lipinski definition) is 2. The molecule has 4 nitrogen and oxygen atoms in total. The van der Waals surface area contributed by atoms with Crippen LogP contribution in [0, 0.1) is 18.8 Å². The highest BCUT2D eigenvalue weighted by atomic mass is 32.2. The van der Waals surface area contributed by atoms with Crippen LogP contribution in [0.4, 0.5) is 0 Å². The van der Waals surface area contributed by atoms with Crippen molar-refractivity contribution in [3.8, 4) is 0 Å². The van der Waals surface area contributed by atoms with Gasteiger partial charge < -0.3 is 5.11 Å². The third-order valence-corrected chi connectivity index (χ3v) is 6.89. The first-order valence-electron chi connectivity index (χ1n) is 7.06. The minimum atomic E-state index is -3.48. The maximum absolute atomic E-state index is 12.5. The van der Waals surface area contributed by atoms with Gasteiger partial charge in [0.25, 0.3) is 0 Å². The fraction of sp³-hybridized carbons (Fsp3) is 0.714. The Morgan fingerprint density at radius 2 is 2.10 bits per heavy atom. The Morgan fingerprint density at radius 1 is 1.40 bits per heavy atom. The van der Waals surface area contributed by atoms with Gasteiger partial charge in [0.2, 0.25) is 10.0 Å². The second-order valence-corrected chi connectivity index (χ2v) is 8.94. The molecule has 2 rings (SSSR count). The number of sulfonamides is 1. The molecule has 0 saturated heterocycles. The zero-order chi connectivity index (χ0) is 14.9. The van der Waals surface area contributed by atoms with E-state index in [9.17, 15) is 8.42 Å². The van der Waals surface area contributed by atoms with Gasteiger partial charge in [-0.1, -0.05) is 13.8 Å². The minimum absolute atomic E-state index is 0.0214. The smallest absolute Gasteiger partial charge is 0.241 e. The van der Waals surface area contributed by atoms with Crippen molar-refractivity contribution in [1.82, 2.24) is 4.72 Å². The van der Waals surface area contributed by atoms with Gasteiger partial charge in [-0.3, -0.25) is 0 Å². The largest absolute Gasteiger partial charge is 0.391 e. The summed E-state index contributed by atoms with van der Waals surface area (Å²) in [7, 11) is -3.48. The Balaban J connectivity index is 2.16. The Kier molecular flexibility index (Phi) is 4.89. The lowest BCUT2D eigenvalue weighted by Gasteiger charge is -2.32. The van der Waals surface area contributed by atoms with E-state index in [0.717, 1.165) is 24.1 Å². The third kappa shape index (κ3) is 3.42. The fourth-order valence-corrected chi connectivity index (χ4v) is 5.85. The highest BCUT2D eigenvalue weighted by Crippen LogP contribution is 2.31. The molecule has 0 amide bonds. The molecule has 0 aliphatic heterocycles. The predicted octanol–water partition coefficient (Wildman–Crippen LogP) is 2.65. The van der Waals surface area contributed by atoms with E-state index in [1.165, 1.54) is 11.3 Å². The summed E-state index contributed by atoms with van der Waals surface area (Å²) in [5, 5.41) is 9.13. The van der Waals surface area contributed by atoms with Crippen molar-refractivity contribution in [2.45, 2.75) is 57.6 Å². The van der Waals surface area contributed by atoms with Crippen LogP contribution in [0.1, 0.15) is 42.9 Å². The molecule has 1 aliphatic rings. The van der Waals surface area contributed by atoms with E-state index >= 15 is 0 Å². The molecule has 0 bridgehead atoms. The van der Waals surface area contributed by atoms with Crippen molar-refractivity contribution in [2.24, 2.45) is 11.8 Å². The number of rotatable bonds is 4. The van der Waals surface area contributed by atoms with Gasteiger partial charge in [-0.25, -0.2) is 13.1 Å². The quantitative estimate of drug-likeness (QED) is 0.897. The molecule has 1 aromatic rings. The van der Waals surface area contributed by atoms with Crippen LogP contribution < -0.4 is 4.72 Å². The number of aliphatic hydroxyl groups excluding tert-OH is 1. The lowest BCUT2D eigenvalue weighted by atomic mass is 9.80. The molecular weight excluding hydrogens is 294 g/mol. The van der Waals surface area contributed by atoms with Crippen LogP contribution in [0.15, 0.2) is 11.0 Å². The number of aryl methyl sites for hydroxylation is 1. The second kappa shape index (κ2) is 6.13. The molecule has 3 unspecified atom stereocenters. The summed E-state index contributed by atoms with van der Waals surface area (Å²) in [6.07, 6.45) is 3.04. The van der Waals surface area contributed by atoms with E-state index in [2.05, 4.69) is 18.6 Å². The Labute approximate surface area is 125 Å². The molecule has 1 aliphatic carbocycles. The van der Waals surface area contributed by atoms with Crippen LogP contribution in [0.5, 0.6) is 0 Å². The van der Waals surface area contributed by atoms with Crippen molar-refractivity contribution in [1.29, 1.82) is 0 Å². The molecule has 20 heavy (non-hydrogen) atoms. The molecule has 1 saturated carbocycles. The van der Waals surface area contributed by atoms with Crippen LogP contribution in [0.3, 0.4) is 0 Å². The van der Waals surface area contributed by atoms with Gasteiger partial charge in [0.15, 0.2) is 0 Å². The van der Waals surface area contributed by atoms with Crippen molar-refractivity contribution >= 4 is 21.4 Å². The summed E-state index contributed by atoms with van der Waals surface area (Å²) >= 11 is 1.34. The molecule has 6 heteroatoms. The van der Waals surface area contributed by atoms with E-state index in [-0.39, 0.29) is 12.6 Å². The molecule has 114 valence electrons. The van der Waals surface area contributed by atoms with Crippen LogP contribution in [0.2, 0.25) is 0 Å². The van der Waals surface area contributed by atoms with E-state index in [1.807, 2.05) is 0 Å². The standard InChI is InChI=1S/C14H23NO3S2/c1-9-4-5-13(10(2)6-9)15-20(17,18)14-7-12(8-16)19-11(14)3/h7,9-10,13,15-16H,4-6,8H2,1-3H3. The second-order valence-electron chi connectivity index (χ2n) is 5.91. The Bertz CT molecular complexity index is 565. The van der Waals surface area contributed by atoms with Crippen molar-refractivity contribution in [3.63, 3.8) is 0 Å². The Morgan fingerprint density at radius 3 is 2.65 bits per heavy atom. The van der Waals surface area contributed by atoms with Crippen LogP contribution in [-0.2, 0) is 16.6 Å². The highest BCUT2D eigenvalue weighted by molar-refractivity contribution is 7.89. The third-order valence-electron chi connectivity index (χ3n) is 4.11. The van der Waals surface area contributed by atoms with Crippen molar-refractivity contribution in [3.05, 3.63) is 15.8 Å². The molecule has 0 aromatic carbocycles. The molecule has 1 fully saturated rings. The molecular formula is C14H23NO3S2. The summed E-state index contributed by atoms with van der Waals surface area (Å²) in [6, 6.07) is 1.60. The van der Waals surface area contributed by atoms with Gasteiger partial charge >= 0.3 is 0 Å². The van der Waals surface area contributed by atoms with Gasteiger partial charge in [0.05, 0.1) is 11.5 Å². The Hall–Kier alpha value is -0.430. The van der Waals surface area contributed by atoms with Gasteiger partial charge in [0.1, 0.15) is 0 Å². The molecule has 0 spiro atoms. The summed E-state index contributed by atoms with van der Waals surface area (Å²) in [6.45, 7) is 6.00. The van der Waals surface area contributed by atoms with Gasteiger partial charge in [0, 0.05) is 15.8 Å². The van der Waals surface area contributed by atoms with Crippen LogP contribution in [-0.4, -0.2) is 19.6 Å². The molecule has 0 radical (unpaired) electrons. The van der Waals surface area contributed by atoms with E-state index in [4.69, 9.17) is 5.11 Å². The fourth-order valence-electron chi connectivity index (χ4n) is 2.97. The summed E-state index contributed by atoms with van der Waals surface area (Å²) in [5.74, 6) is 1.04. The van der Waals surface area contributed by atoms with Gasteiger partial charge in [-0.05, 0) is 44.1 Å². The van der Waals surface area contributed by atoms with Gasteiger partial charge in [-0.2, -0.15) is 0 Å².